The monoisotopic (exact) mass is 528 g/mol. The maximum Gasteiger partial charge on any atom is 0.223 e. The van der Waals surface area contributed by atoms with Crippen molar-refractivity contribution in [3.05, 3.63) is 89.2 Å². The highest BCUT2D eigenvalue weighted by Gasteiger charge is 2.45. The van der Waals surface area contributed by atoms with Crippen LogP contribution in [0.2, 0.25) is 10.0 Å². The van der Waals surface area contributed by atoms with Gasteiger partial charge in [0, 0.05) is 61.1 Å². The third kappa shape index (κ3) is 5.37. The first-order valence-electron chi connectivity index (χ1n) is 11.6. The third-order valence-electron chi connectivity index (χ3n) is 6.17. The number of hydrogen-bond acceptors (Lipinski definition) is 6. The molecule has 0 N–H and O–H groups in total. The predicted molar refractivity (Wildman–Crippen MR) is 137 cm³/mol. The topological polar surface area (TPSA) is 69.1 Å². The van der Waals surface area contributed by atoms with Gasteiger partial charge in [0.15, 0.2) is 0 Å². The van der Waals surface area contributed by atoms with Crippen LogP contribution in [0.1, 0.15) is 12.5 Å². The van der Waals surface area contributed by atoms with Gasteiger partial charge in [0.05, 0.1) is 24.5 Å². The summed E-state index contributed by atoms with van der Waals surface area (Å²) in [6.45, 7) is 3.99. The molecule has 188 valence electrons. The molecule has 0 radical (unpaired) electrons. The lowest BCUT2D eigenvalue weighted by atomic mass is 10.1. The molecule has 1 fully saturated rings. The van der Waals surface area contributed by atoms with Gasteiger partial charge in [0.1, 0.15) is 18.5 Å². The molecule has 3 aromatic rings. The van der Waals surface area contributed by atoms with Gasteiger partial charge in [-0.05, 0) is 36.4 Å². The number of amides is 1. The molecule has 10 heteroatoms. The Morgan fingerprint density at radius 2 is 2.00 bits per heavy atom. The summed E-state index contributed by atoms with van der Waals surface area (Å²) in [6, 6.07) is 13.1. The van der Waals surface area contributed by atoms with Crippen LogP contribution >= 0.6 is 23.2 Å². The molecule has 2 aliphatic rings. The van der Waals surface area contributed by atoms with Crippen LogP contribution in [0.4, 0.5) is 5.69 Å². The van der Waals surface area contributed by atoms with Crippen molar-refractivity contribution in [2.75, 3.05) is 31.2 Å². The molecule has 1 saturated heterocycles. The number of ether oxygens (including phenoxy) is 3. The number of carbonyl (C=O) groups is 1. The second-order valence-corrected chi connectivity index (χ2v) is 9.52. The first kappa shape index (κ1) is 24.6. The van der Waals surface area contributed by atoms with Crippen molar-refractivity contribution in [2.24, 2.45) is 0 Å². The number of hydrogen-bond donors (Lipinski definition) is 0. The van der Waals surface area contributed by atoms with Crippen LogP contribution in [0.25, 0.3) is 0 Å². The number of nitrogens with zero attached hydrogens (tertiary/aromatic N) is 4. The standard InChI is InChI=1S/C26H26Cl2N4O4/c1-19(33)31-10-12-32(13-11-31)21-3-5-22(6-4-21)34-15-23-16-35-26(36-23,17-30-9-8-29-18-30)24-7-2-20(27)14-25(24)28/h2-10,12,14,18,23H,11,13,15-17H2,1H3/t23-,26-/m0/s1. The van der Waals surface area contributed by atoms with Crippen molar-refractivity contribution in [2.45, 2.75) is 25.4 Å². The summed E-state index contributed by atoms with van der Waals surface area (Å²) in [5.74, 6) is -0.320. The Bertz CT molecular complexity index is 1240. The highest BCUT2D eigenvalue weighted by Crippen LogP contribution is 2.40. The van der Waals surface area contributed by atoms with E-state index in [4.69, 9.17) is 37.4 Å². The molecule has 8 nitrogen and oxygen atoms in total. The van der Waals surface area contributed by atoms with Gasteiger partial charge in [0.2, 0.25) is 11.7 Å². The Balaban J connectivity index is 1.24. The maximum atomic E-state index is 11.5. The quantitative estimate of drug-likeness (QED) is 0.443. The van der Waals surface area contributed by atoms with E-state index in [2.05, 4.69) is 9.88 Å². The Kier molecular flexibility index (Phi) is 7.20. The molecule has 3 heterocycles. The molecule has 2 aliphatic heterocycles. The molecule has 2 aromatic carbocycles. The Morgan fingerprint density at radius 3 is 2.67 bits per heavy atom. The molecule has 0 unspecified atom stereocenters. The van der Waals surface area contributed by atoms with Crippen molar-refractivity contribution in [3.63, 3.8) is 0 Å². The van der Waals surface area contributed by atoms with Crippen molar-refractivity contribution >= 4 is 34.8 Å². The van der Waals surface area contributed by atoms with Crippen molar-refractivity contribution in [1.29, 1.82) is 0 Å². The second-order valence-electron chi connectivity index (χ2n) is 8.67. The highest BCUT2D eigenvalue weighted by molar-refractivity contribution is 6.35. The van der Waals surface area contributed by atoms with Gasteiger partial charge < -0.3 is 28.6 Å². The molecule has 5 rings (SSSR count). The minimum Gasteiger partial charge on any atom is -0.491 e. The van der Waals surface area contributed by atoms with Crippen LogP contribution in [-0.4, -0.2) is 52.8 Å². The molecular weight excluding hydrogens is 503 g/mol. The Labute approximate surface area is 219 Å². The number of anilines is 1. The van der Waals surface area contributed by atoms with E-state index in [1.807, 2.05) is 47.3 Å². The highest BCUT2D eigenvalue weighted by atomic mass is 35.5. The van der Waals surface area contributed by atoms with Crippen LogP contribution in [0.5, 0.6) is 5.75 Å². The largest absolute Gasteiger partial charge is 0.491 e. The van der Waals surface area contributed by atoms with Gasteiger partial charge in [-0.25, -0.2) is 4.98 Å². The molecule has 0 spiro atoms. The van der Waals surface area contributed by atoms with Crippen molar-refractivity contribution < 1.29 is 19.0 Å². The molecule has 0 bridgehead atoms. The minimum absolute atomic E-state index is 0.0418. The molecule has 2 atom stereocenters. The van der Waals surface area contributed by atoms with Crippen LogP contribution in [0, 0.1) is 0 Å². The van der Waals surface area contributed by atoms with E-state index in [0.717, 1.165) is 18.0 Å². The minimum atomic E-state index is -1.09. The second kappa shape index (κ2) is 10.5. The SMILES string of the molecule is CC(=O)N1C=CN(c2ccc(OC[C@H]3CO[C@](Cn4ccnc4)(c4ccc(Cl)cc4Cl)O3)cc2)CC1. The molecule has 0 aliphatic carbocycles. The van der Waals surface area contributed by atoms with E-state index in [1.165, 1.54) is 0 Å². The lowest BCUT2D eigenvalue weighted by molar-refractivity contribution is -0.189. The van der Waals surface area contributed by atoms with Crippen molar-refractivity contribution in [1.82, 2.24) is 14.5 Å². The molecule has 1 amide bonds. The zero-order chi connectivity index (χ0) is 25.1. The predicted octanol–water partition coefficient (Wildman–Crippen LogP) is 4.68. The molecule has 36 heavy (non-hydrogen) atoms. The molecule has 1 aromatic heterocycles. The zero-order valence-corrected chi connectivity index (χ0v) is 21.2. The number of aromatic nitrogens is 2. The van der Waals surface area contributed by atoms with Gasteiger partial charge in [-0.1, -0.05) is 29.3 Å². The van der Waals surface area contributed by atoms with E-state index in [0.29, 0.717) is 41.9 Å². The smallest absolute Gasteiger partial charge is 0.223 e. The number of rotatable bonds is 7. The van der Waals surface area contributed by atoms with E-state index in [1.54, 1.807) is 42.7 Å². The number of imidazole rings is 1. The van der Waals surface area contributed by atoms with Crippen LogP contribution in [0.3, 0.4) is 0 Å². The first-order chi connectivity index (χ1) is 17.4. The van der Waals surface area contributed by atoms with Gasteiger partial charge in [-0.2, -0.15) is 0 Å². The summed E-state index contributed by atoms with van der Waals surface area (Å²) in [4.78, 5) is 19.4. The molecular formula is C26H26Cl2N4O4. The Hall–Kier alpha value is -3.04. The summed E-state index contributed by atoms with van der Waals surface area (Å²) in [6.07, 6.45) is 8.66. The normalized spacial score (nSPS) is 21.7. The zero-order valence-electron chi connectivity index (χ0n) is 19.7. The number of benzene rings is 2. The Morgan fingerprint density at radius 1 is 1.17 bits per heavy atom. The van der Waals surface area contributed by atoms with Gasteiger partial charge in [0.25, 0.3) is 0 Å². The van der Waals surface area contributed by atoms with E-state index in [9.17, 15) is 4.79 Å². The fraction of sp³-hybridized carbons (Fsp3) is 0.308. The molecule has 0 saturated carbocycles. The maximum absolute atomic E-state index is 11.5. The van der Waals surface area contributed by atoms with Crippen molar-refractivity contribution in [3.8, 4) is 5.75 Å². The lowest BCUT2D eigenvalue weighted by Gasteiger charge is -2.30. The van der Waals surface area contributed by atoms with Crippen LogP contribution in [-0.2, 0) is 26.6 Å². The summed E-state index contributed by atoms with van der Waals surface area (Å²) in [5.41, 5.74) is 1.73. The summed E-state index contributed by atoms with van der Waals surface area (Å²) < 4.78 is 20.6. The first-order valence-corrected chi connectivity index (χ1v) is 12.4. The van der Waals surface area contributed by atoms with E-state index in [-0.39, 0.29) is 12.0 Å². The van der Waals surface area contributed by atoms with Gasteiger partial charge in [-0.3, -0.25) is 4.79 Å². The average Bonchev–Trinajstić information content (AvgIpc) is 3.54. The lowest BCUT2D eigenvalue weighted by Crippen LogP contribution is -2.36. The fourth-order valence-corrected chi connectivity index (χ4v) is 4.85. The summed E-state index contributed by atoms with van der Waals surface area (Å²) in [5, 5.41) is 1.01. The van der Waals surface area contributed by atoms with Crippen LogP contribution in [0.15, 0.2) is 73.6 Å². The van der Waals surface area contributed by atoms with Gasteiger partial charge >= 0.3 is 0 Å². The number of carbonyl (C=O) groups excluding carboxylic acids is 1. The fourth-order valence-electron chi connectivity index (χ4n) is 4.30. The summed E-state index contributed by atoms with van der Waals surface area (Å²) in [7, 11) is 0. The average molecular weight is 529 g/mol. The van der Waals surface area contributed by atoms with E-state index >= 15 is 0 Å². The van der Waals surface area contributed by atoms with E-state index < -0.39 is 5.79 Å². The third-order valence-corrected chi connectivity index (χ3v) is 6.72. The van der Waals surface area contributed by atoms with Gasteiger partial charge in [-0.15, -0.1) is 0 Å². The summed E-state index contributed by atoms with van der Waals surface area (Å²) >= 11 is 12.6. The van der Waals surface area contributed by atoms with Crippen LogP contribution < -0.4 is 9.64 Å². The number of halogens is 2.